The summed E-state index contributed by atoms with van der Waals surface area (Å²) in [5.41, 5.74) is 0.946. The second kappa shape index (κ2) is 2.94. The molecule has 3 heteroatoms. The molecular formula is C11H14ClNO. The van der Waals surface area contributed by atoms with E-state index in [0.717, 1.165) is 12.0 Å². The molecule has 2 rings (SSSR count). The van der Waals surface area contributed by atoms with Gasteiger partial charge in [0, 0.05) is 11.6 Å². The van der Waals surface area contributed by atoms with Gasteiger partial charge in [-0.2, -0.15) is 0 Å². The molecule has 14 heavy (non-hydrogen) atoms. The summed E-state index contributed by atoms with van der Waals surface area (Å²) in [6.07, 6.45) is 2.65. The SMILES string of the molecule is CC1(C)CC1(CO)c1cccnc1Cl. The molecule has 1 saturated carbocycles. The van der Waals surface area contributed by atoms with Crippen LogP contribution in [0, 0.1) is 5.41 Å². The Labute approximate surface area is 88.9 Å². The lowest BCUT2D eigenvalue weighted by Gasteiger charge is -2.18. The highest BCUT2D eigenvalue weighted by molar-refractivity contribution is 6.30. The van der Waals surface area contributed by atoms with E-state index >= 15 is 0 Å². The fourth-order valence-corrected chi connectivity index (χ4v) is 2.57. The normalized spacial score (nSPS) is 28.9. The van der Waals surface area contributed by atoms with E-state index in [1.807, 2.05) is 12.1 Å². The van der Waals surface area contributed by atoms with E-state index < -0.39 is 0 Å². The molecule has 1 fully saturated rings. The molecule has 0 aliphatic heterocycles. The Balaban J connectivity index is 2.46. The van der Waals surface area contributed by atoms with E-state index in [0.29, 0.717) is 5.15 Å². The predicted octanol–water partition coefficient (Wildman–Crippen LogP) is 2.40. The third-order valence-electron chi connectivity index (χ3n) is 3.46. The number of aromatic nitrogens is 1. The average molecular weight is 212 g/mol. The van der Waals surface area contributed by atoms with Crippen molar-refractivity contribution in [1.29, 1.82) is 0 Å². The molecule has 1 aromatic heterocycles. The molecule has 0 radical (unpaired) electrons. The second-order valence-electron chi connectivity index (χ2n) is 4.64. The van der Waals surface area contributed by atoms with Gasteiger partial charge in [0.15, 0.2) is 0 Å². The van der Waals surface area contributed by atoms with Gasteiger partial charge < -0.3 is 5.11 Å². The molecule has 76 valence electrons. The lowest BCUT2D eigenvalue weighted by molar-refractivity contribution is 0.231. The number of hydrogen-bond donors (Lipinski definition) is 1. The number of aliphatic hydroxyl groups is 1. The minimum absolute atomic E-state index is 0.133. The van der Waals surface area contributed by atoms with Crippen LogP contribution in [0.2, 0.25) is 5.15 Å². The van der Waals surface area contributed by atoms with Gasteiger partial charge in [0.2, 0.25) is 0 Å². The van der Waals surface area contributed by atoms with Crippen molar-refractivity contribution in [2.75, 3.05) is 6.61 Å². The number of aliphatic hydroxyl groups excluding tert-OH is 1. The molecule has 1 N–H and O–H groups in total. The maximum Gasteiger partial charge on any atom is 0.132 e. The third kappa shape index (κ3) is 1.17. The molecule has 0 aromatic carbocycles. The van der Waals surface area contributed by atoms with E-state index in [-0.39, 0.29) is 17.4 Å². The summed E-state index contributed by atoms with van der Waals surface area (Å²) < 4.78 is 0. The molecule has 1 atom stereocenters. The third-order valence-corrected chi connectivity index (χ3v) is 3.76. The molecule has 0 bridgehead atoms. The van der Waals surface area contributed by atoms with Crippen molar-refractivity contribution in [2.45, 2.75) is 25.7 Å². The Morgan fingerprint density at radius 1 is 1.57 bits per heavy atom. The second-order valence-corrected chi connectivity index (χ2v) is 5.00. The monoisotopic (exact) mass is 211 g/mol. The van der Waals surface area contributed by atoms with Gasteiger partial charge in [-0.15, -0.1) is 0 Å². The summed E-state index contributed by atoms with van der Waals surface area (Å²) in [6, 6.07) is 3.83. The molecule has 1 unspecified atom stereocenters. The Bertz CT molecular complexity index is 364. The van der Waals surface area contributed by atoms with Crippen LogP contribution in [0.5, 0.6) is 0 Å². The van der Waals surface area contributed by atoms with Crippen LogP contribution in [-0.4, -0.2) is 16.7 Å². The smallest absolute Gasteiger partial charge is 0.132 e. The maximum absolute atomic E-state index is 9.48. The minimum atomic E-state index is -0.168. The zero-order valence-electron chi connectivity index (χ0n) is 8.42. The number of nitrogens with zero attached hydrogens (tertiary/aromatic N) is 1. The summed E-state index contributed by atoms with van der Waals surface area (Å²) in [4.78, 5) is 4.05. The van der Waals surface area contributed by atoms with Crippen molar-refractivity contribution in [2.24, 2.45) is 5.41 Å². The number of hydrogen-bond acceptors (Lipinski definition) is 2. The van der Waals surface area contributed by atoms with Gasteiger partial charge in [0.1, 0.15) is 5.15 Å². The topological polar surface area (TPSA) is 33.1 Å². The van der Waals surface area contributed by atoms with Gasteiger partial charge in [-0.05, 0) is 23.5 Å². The van der Waals surface area contributed by atoms with Crippen LogP contribution in [0.3, 0.4) is 0 Å². The largest absolute Gasteiger partial charge is 0.395 e. The van der Waals surface area contributed by atoms with Crippen molar-refractivity contribution in [1.82, 2.24) is 4.98 Å². The van der Waals surface area contributed by atoms with Crippen molar-refractivity contribution >= 4 is 11.6 Å². The van der Waals surface area contributed by atoms with E-state index in [9.17, 15) is 5.11 Å². The highest BCUT2D eigenvalue weighted by atomic mass is 35.5. The van der Waals surface area contributed by atoms with Crippen molar-refractivity contribution in [3.05, 3.63) is 29.0 Å². The summed E-state index contributed by atoms with van der Waals surface area (Å²) in [6.45, 7) is 4.44. The van der Waals surface area contributed by atoms with Crippen LogP contribution >= 0.6 is 11.6 Å². The molecule has 1 aliphatic carbocycles. The van der Waals surface area contributed by atoms with E-state index in [2.05, 4.69) is 18.8 Å². The van der Waals surface area contributed by atoms with Crippen molar-refractivity contribution in [3.63, 3.8) is 0 Å². The Morgan fingerprint density at radius 3 is 2.64 bits per heavy atom. The summed E-state index contributed by atoms with van der Waals surface area (Å²) in [5.74, 6) is 0. The Kier molecular flexibility index (Phi) is 2.09. The molecule has 1 heterocycles. The molecular weight excluding hydrogens is 198 g/mol. The molecule has 0 saturated heterocycles. The van der Waals surface area contributed by atoms with Crippen LogP contribution in [-0.2, 0) is 5.41 Å². The van der Waals surface area contributed by atoms with Gasteiger partial charge in [0.05, 0.1) is 6.61 Å². The van der Waals surface area contributed by atoms with Crippen LogP contribution in [0.15, 0.2) is 18.3 Å². The highest BCUT2D eigenvalue weighted by Crippen LogP contribution is 2.64. The average Bonchev–Trinajstić information content (AvgIpc) is 2.70. The van der Waals surface area contributed by atoms with E-state index in [1.54, 1.807) is 6.20 Å². The summed E-state index contributed by atoms with van der Waals surface area (Å²) in [5, 5.41) is 10.0. The lowest BCUT2D eigenvalue weighted by Crippen LogP contribution is -2.20. The Hall–Kier alpha value is -0.600. The van der Waals surface area contributed by atoms with Crippen LogP contribution in [0.25, 0.3) is 0 Å². The standard InChI is InChI=1S/C11H14ClNO/c1-10(2)6-11(10,7-14)8-4-3-5-13-9(8)12/h3-5,14H,6-7H2,1-2H3. The first-order valence-electron chi connectivity index (χ1n) is 4.75. The molecule has 1 aromatic rings. The van der Waals surface area contributed by atoms with Crippen LogP contribution < -0.4 is 0 Å². The van der Waals surface area contributed by atoms with Gasteiger partial charge in [-0.25, -0.2) is 4.98 Å². The summed E-state index contributed by atoms with van der Waals surface area (Å²) in [7, 11) is 0. The van der Waals surface area contributed by atoms with Crippen molar-refractivity contribution in [3.8, 4) is 0 Å². The zero-order valence-corrected chi connectivity index (χ0v) is 9.17. The minimum Gasteiger partial charge on any atom is -0.395 e. The van der Waals surface area contributed by atoms with Crippen molar-refractivity contribution < 1.29 is 5.11 Å². The predicted molar refractivity (Wildman–Crippen MR) is 56.4 cm³/mol. The number of halogens is 1. The number of rotatable bonds is 2. The first kappa shape index (κ1) is 9.94. The van der Waals surface area contributed by atoms with Gasteiger partial charge >= 0.3 is 0 Å². The van der Waals surface area contributed by atoms with Gasteiger partial charge in [-0.1, -0.05) is 31.5 Å². The van der Waals surface area contributed by atoms with E-state index in [1.165, 1.54) is 0 Å². The van der Waals surface area contributed by atoms with Crippen LogP contribution in [0.4, 0.5) is 0 Å². The quantitative estimate of drug-likeness (QED) is 0.763. The zero-order chi connectivity index (χ0) is 10.4. The first-order chi connectivity index (χ1) is 6.53. The lowest BCUT2D eigenvalue weighted by atomic mass is 9.90. The Morgan fingerprint density at radius 2 is 2.21 bits per heavy atom. The fraction of sp³-hybridized carbons (Fsp3) is 0.545. The molecule has 2 nitrogen and oxygen atoms in total. The molecule has 1 aliphatic rings. The van der Waals surface area contributed by atoms with E-state index in [4.69, 9.17) is 11.6 Å². The van der Waals surface area contributed by atoms with Gasteiger partial charge in [-0.3, -0.25) is 0 Å². The van der Waals surface area contributed by atoms with Crippen LogP contribution in [0.1, 0.15) is 25.8 Å². The molecule has 0 amide bonds. The fourth-order valence-electron chi connectivity index (χ4n) is 2.27. The first-order valence-corrected chi connectivity index (χ1v) is 5.13. The molecule has 0 spiro atoms. The number of pyridine rings is 1. The van der Waals surface area contributed by atoms with Gasteiger partial charge in [0.25, 0.3) is 0 Å². The summed E-state index contributed by atoms with van der Waals surface area (Å²) >= 11 is 6.03. The highest BCUT2D eigenvalue weighted by Gasteiger charge is 2.62. The maximum atomic E-state index is 9.48.